The van der Waals surface area contributed by atoms with Crippen LogP contribution in [-0.2, 0) is 19.7 Å². The number of rotatable bonds is 11. The van der Waals surface area contributed by atoms with Crippen molar-refractivity contribution >= 4 is 21.7 Å². The molecule has 0 radical (unpaired) electrons. The maximum atomic E-state index is 11.8. The van der Waals surface area contributed by atoms with Gasteiger partial charge in [0.15, 0.2) is 6.10 Å². The maximum absolute atomic E-state index is 11.8. The highest BCUT2D eigenvalue weighted by molar-refractivity contribution is 7.88. The number of amides is 1. The third-order valence-corrected chi connectivity index (χ3v) is 7.91. The van der Waals surface area contributed by atoms with Crippen molar-refractivity contribution in [3.05, 3.63) is 89.2 Å². The van der Waals surface area contributed by atoms with Gasteiger partial charge in [0.25, 0.3) is 0 Å². The fraction of sp³-hybridized carbons (Fsp3) is 0.387. The molecule has 2 atom stereocenters. The molecule has 0 aliphatic carbocycles. The molecule has 2 aliphatic rings. The van der Waals surface area contributed by atoms with Crippen LogP contribution in [0, 0.1) is 0 Å². The van der Waals surface area contributed by atoms with E-state index in [1.54, 1.807) is 38.1 Å². The summed E-state index contributed by atoms with van der Waals surface area (Å²) in [5.74, 6) is 1.50. The minimum Gasteiger partial charge on any atom is -0.494 e. The predicted octanol–water partition coefficient (Wildman–Crippen LogP) is 5.03. The van der Waals surface area contributed by atoms with E-state index in [2.05, 4.69) is 11.3 Å². The van der Waals surface area contributed by atoms with E-state index >= 15 is 0 Å². The van der Waals surface area contributed by atoms with E-state index in [1.807, 2.05) is 48.9 Å². The number of allylic oxidation sites excluding steroid dienone is 4. The highest BCUT2D eigenvalue weighted by atomic mass is 32.2. The Morgan fingerprint density at radius 2 is 1.95 bits per heavy atom. The molecule has 0 saturated carbocycles. The first-order valence-electron chi connectivity index (χ1n) is 13.6. The summed E-state index contributed by atoms with van der Waals surface area (Å²) in [4.78, 5) is 11.8. The molecule has 220 valence electrons. The Balaban J connectivity index is 1.46. The van der Waals surface area contributed by atoms with Crippen molar-refractivity contribution in [3.8, 4) is 11.5 Å². The summed E-state index contributed by atoms with van der Waals surface area (Å²) in [5, 5.41) is 9.99. The number of fused-ring (bicyclic) bond motifs is 1. The lowest BCUT2D eigenvalue weighted by atomic mass is 9.96. The van der Waals surface area contributed by atoms with E-state index in [0.29, 0.717) is 30.9 Å². The molecular formula is C31H38N2O7S. The molecule has 2 aromatic rings. The normalized spacial score (nSPS) is 20.6. The molecule has 0 spiro atoms. The largest absolute Gasteiger partial charge is 0.494 e. The van der Waals surface area contributed by atoms with Gasteiger partial charge in [-0.25, -0.2) is 4.72 Å². The van der Waals surface area contributed by atoms with Crippen molar-refractivity contribution in [3.63, 3.8) is 0 Å². The van der Waals surface area contributed by atoms with E-state index in [4.69, 9.17) is 14.2 Å². The number of carbonyl (C=O) groups excluding carboxylic acids is 1. The second kappa shape index (κ2) is 12.5. The van der Waals surface area contributed by atoms with Gasteiger partial charge in [-0.05, 0) is 68.2 Å². The molecule has 1 unspecified atom stereocenters. The summed E-state index contributed by atoms with van der Waals surface area (Å²) < 4.78 is 46.3. The van der Waals surface area contributed by atoms with Gasteiger partial charge >= 0.3 is 10.2 Å². The lowest BCUT2D eigenvalue weighted by molar-refractivity contribution is -0.120. The summed E-state index contributed by atoms with van der Waals surface area (Å²) in [6, 6.07) is 12.2. The molecule has 4 rings (SSSR count). The van der Waals surface area contributed by atoms with Crippen molar-refractivity contribution in [2.75, 3.05) is 13.2 Å². The number of ether oxygens (including phenoxy) is 3. The van der Waals surface area contributed by atoms with Gasteiger partial charge in [0, 0.05) is 24.0 Å². The standard InChI is InChI=1S/C31H38N2O7S/c1-6-8-24(38-16-15-31(4,5)35)17-20(2)21(3)25-9-7-10-26-28(19-39-30(25)26)40-23-13-11-22(12-14-23)27-18-29(34)33-41(36,37)32-27/h7-14,17,27-28,32,35H,3,6,15-16,18-19H2,1-2,4-5H3,(H,33,34)/b20-17-,24-8+/t27?,28-/m1/s1. The molecule has 9 nitrogen and oxygen atoms in total. The van der Waals surface area contributed by atoms with Gasteiger partial charge in [0.2, 0.25) is 5.91 Å². The molecule has 1 amide bonds. The maximum Gasteiger partial charge on any atom is 0.301 e. The van der Waals surface area contributed by atoms with Crippen LogP contribution in [0.3, 0.4) is 0 Å². The molecule has 2 aromatic carbocycles. The predicted molar refractivity (Wildman–Crippen MR) is 157 cm³/mol. The highest BCUT2D eigenvalue weighted by Gasteiger charge is 2.31. The minimum atomic E-state index is -3.86. The Kier molecular flexibility index (Phi) is 9.26. The molecule has 2 heterocycles. The van der Waals surface area contributed by atoms with Gasteiger partial charge < -0.3 is 19.3 Å². The molecule has 1 saturated heterocycles. The van der Waals surface area contributed by atoms with Gasteiger partial charge in [-0.2, -0.15) is 13.1 Å². The third kappa shape index (κ3) is 8.00. The number of carbonyl (C=O) groups is 1. The topological polar surface area (TPSA) is 123 Å². The van der Waals surface area contributed by atoms with Gasteiger partial charge in [0.1, 0.15) is 23.9 Å². The fourth-order valence-electron chi connectivity index (χ4n) is 4.61. The number of hydrogen-bond donors (Lipinski definition) is 3. The second-order valence-corrected chi connectivity index (χ2v) is 12.3. The third-order valence-electron chi connectivity index (χ3n) is 6.82. The Labute approximate surface area is 242 Å². The Morgan fingerprint density at radius 3 is 2.61 bits per heavy atom. The molecule has 41 heavy (non-hydrogen) atoms. The number of para-hydroxylation sites is 1. The molecule has 0 aromatic heterocycles. The summed E-state index contributed by atoms with van der Waals surface area (Å²) in [6.45, 7) is 12.6. The van der Waals surface area contributed by atoms with Crippen molar-refractivity contribution in [1.29, 1.82) is 0 Å². The average molecular weight is 583 g/mol. The van der Waals surface area contributed by atoms with E-state index in [0.717, 1.165) is 40.2 Å². The van der Waals surface area contributed by atoms with Crippen LogP contribution in [0.15, 0.2) is 72.5 Å². The van der Waals surface area contributed by atoms with Crippen molar-refractivity contribution in [1.82, 2.24) is 9.44 Å². The van der Waals surface area contributed by atoms with Crippen LogP contribution >= 0.6 is 0 Å². The number of benzene rings is 2. The molecule has 2 aliphatic heterocycles. The van der Waals surface area contributed by atoms with Crippen molar-refractivity contribution < 1.29 is 32.5 Å². The molecule has 3 N–H and O–H groups in total. The first-order valence-corrected chi connectivity index (χ1v) is 15.1. The van der Waals surface area contributed by atoms with Crippen LogP contribution in [0.1, 0.15) is 75.8 Å². The second-order valence-electron chi connectivity index (χ2n) is 10.8. The highest BCUT2D eigenvalue weighted by Crippen LogP contribution is 2.42. The van der Waals surface area contributed by atoms with Crippen LogP contribution in [0.25, 0.3) is 5.57 Å². The lowest BCUT2D eigenvalue weighted by Crippen LogP contribution is -2.48. The lowest BCUT2D eigenvalue weighted by Gasteiger charge is -2.24. The van der Waals surface area contributed by atoms with Crippen molar-refractivity contribution in [2.45, 2.75) is 64.7 Å². The Morgan fingerprint density at radius 1 is 1.22 bits per heavy atom. The summed E-state index contributed by atoms with van der Waals surface area (Å²) in [7, 11) is -3.86. The molecule has 10 heteroatoms. The molecule has 1 fully saturated rings. The fourth-order valence-corrected chi connectivity index (χ4v) is 5.65. The zero-order valence-corrected chi connectivity index (χ0v) is 24.7. The first-order chi connectivity index (χ1) is 19.3. The summed E-state index contributed by atoms with van der Waals surface area (Å²) in [5.41, 5.74) is 3.38. The quantitative estimate of drug-likeness (QED) is 0.251. The molecular weight excluding hydrogens is 544 g/mol. The van der Waals surface area contributed by atoms with Gasteiger partial charge in [-0.15, -0.1) is 0 Å². The monoisotopic (exact) mass is 582 g/mol. The van der Waals surface area contributed by atoms with Crippen LogP contribution in [0.5, 0.6) is 11.5 Å². The SMILES string of the molecule is C=C(/C(C)=C\C(=C/CC)OCCC(C)(C)O)c1cccc2c1OC[C@H]2Oc1ccc(C2CC(=O)NS(=O)(=O)N2)cc1. The minimum absolute atomic E-state index is 0.0203. The first kappa shape index (κ1) is 30.4. The van der Waals surface area contributed by atoms with Crippen LogP contribution in [0.4, 0.5) is 0 Å². The number of aliphatic hydroxyl groups is 1. The van der Waals surface area contributed by atoms with Crippen LogP contribution in [-0.4, -0.2) is 38.2 Å². The molecule has 0 bridgehead atoms. The number of nitrogens with one attached hydrogen (secondary N) is 2. The zero-order valence-electron chi connectivity index (χ0n) is 23.9. The van der Waals surface area contributed by atoms with Gasteiger partial charge in [-0.3, -0.25) is 4.79 Å². The van der Waals surface area contributed by atoms with E-state index in [1.165, 1.54) is 0 Å². The van der Waals surface area contributed by atoms with Gasteiger partial charge in [-0.1, -0.05) is 43.8 Å². The average Bonchev–Trinajstić information content (AvgIpc) is 3.29. The summed E-state index contributed by atoms with van der Waals surface area (Å²) in [6.07, 6.45) is 4.96. The van der Waals surface area contributed by atoms with E-state index in [-0.39, 0.29) is 12.5 Å². The van der Waals surface area contributed by atoms with E-state index < -0.39 is 27.8 Å². The van der Waals surface area contributed by atoms with Gasteiger partial charge in [0.05, 0.1) is 18.2 Å². The number of hydrogen-bond acceptors (Lipinski definition) is 7. The smallest absolute Gasteiger partial charge is 0.301 e. The van der Waals surface area contributed by atoms with Crippen LogP contribution < -0.4 is 18.9 Å². The van der Waals surface area contributed by atoms with Crippen molar-refractivity contribution in [2.24, 2.45) is 0 Å². The zero-order chi connectivity index (χ0) is 29.8. The Hall–Kier alpha value is -3.60. The Bertz CT molecular complexity index is 1450. The summed E-state index contributed by atoms with van der Waals surface area (Å²) >= 11 is 0. The van der Waals surface area contributed by atoms with Crippen LogP contribution in [0.2, 0.25) is 0 Å². The van der Waals surface area contributed by atoms with E-state index in [9.17, 15) is 18.3 Å².